The summed E-state index contributed by atoms with van der Waals surface area (Å²) < 4.78 is 91.8. The van der Waals surface area contributed by atoms with Gasteiger partial charge in [0.1, 0.15) is 5.82 Å². The summed E-state index contributed by atoms with van der Waals surface area (Å²) in [5, 5.41) is -0.813. The van der Waals surface area contributed by atoms with Crippen LogP contribution >= 0.6 is 15.9 Å². The van der Waals surface area contributed by atoms with Crippen LogP contribution in [-0.4, -0.2) is 22.5 Å². The minimum absolute atomic E-state index is 0.142. The van der Waals surface area contributed by atoms with Gasteiger partial charge in [0, 0.05) is 21.2 Å². The number of hydrogen-bond donors (Lipinski definition) is 0. The molecule has 2 aromatic carbocycles. The smallest absolute Gasteiger partial charge is 0.320 e. The van der Waals surface area contributed by atoms with Crippen molar-refractivity contribution < 1.29 is 26.1 Å². The minimum atomic E-state index is -3.11. The molecular weight excluding hydrogens is 437 g/mol. The molecule has 0 aliphatic heterocycles. The van der Waals surface area contributed by atoms with E-state index in [2.05, 4.69) is 20.9 Å². The highest BCUT2D eigenvalue weighted by Gasteiger charge is 2.24. The zero-order valence-electron chi connectivity index (χ0n) is 16.2. The maximum Gasteiger partial charge on any atom is 0.349 e. The molecule has 0 aliphatic rings. The fourth-order valence-electron chi connectivity index (χ4n) is 2.58. The van der Waals surface area contributed by atoms with Crippen molar-refractivity contribution in [1.29, 1.82) is 0 Å². The molecule has 0 radical (unpaired) electrons. The number of nitrogens with zero attached hydrogens (tertiary/aromatic N) is 3. The number of aromatic nitrogens is 2. The first-order chi connectivity index (χ1) is 13.9. The number of anilines is 2. The normalized spacial score (nSPS) is 13.5. The van der Waals surface area contributed by atoms with E-state index < -0.39 is 59.8 Å². The molecule has 0 N–H and O–H groups in total. The Morgan fingerprint density at radius 2 is 2.00 bits per heavy atom. The van der Waals surface area contributed by atoms with Gasteiger partial charge in [-0.05, 0) is 30.3 Å². The number of rotatable bonds is 4. The Hall–Kier alpha value is -2.49. The van der Waals surface area contributed by atoms with E-state index in [4.69, 9.17) is 4.11 Å². The predicted molar refractivity (Wildman–Crippen MR) is 94.0 cm³/mol. The van der Waals surface area contributed by atoms with Gasteiger partial charge in [0.25, 0.3) is 6.43 Å². The van der Waals surface area contributed by atoms with Gasteiger partial charge in [-0.15, -0.1) is 0 Å². The van der Waals surface area contributed by atoms with Gasteiger partial charge in [-0.1, -0.05) is 15.9 Å². The summed E-state index contributed by atoms with van der Waals surface area (Å²) in [6.07, 6.45) is -3.05. The second-order valence-electron chi connectivity index (χ2n) is 5.44. The van der Waals surface area contributed by atoms with Crippen molar-refractivity contribution in [2.24, 2.45) is 6.98 Å². The Bertz CT molecular complexity index is 1170. The fourth-order valence-corrected chi connectivity index (χ4v) is 3.03. The summed E-state index contributed by atoms with van der Waals surface area (Å²) >= 11 is 3.00. The third-order valence-corrected chi connectivity index (χ3v) is 4.12. The van der Waals surface area contributed by atoms with Crippen LogP contribution in [0.1, 0.15) is 4.11 Å². The van der Waals surface area contributed by atoms with Crippen molar-refractivity contribution in [3.63, 3.8) is 0 Å². The standard InChI is InChI=1S/C17H11BrF5N3O/c1-25-12-3-2-11(20)15(23)14(12)16(24-17(25)27)26(7-13(21)22)10-5-8(18)4-9(19)6-10/h2-6,13H,7H2,1H3/i1D3. The summed E-state index contributed by atoms with van der Waals surface area (Å²) in [7, 11) is 0. The Morgan fingerprint density at radius 3 is 2.63 bits per heavy atom. The molecule has 0 bridgehead atoms. The van der Waals surface area contributed by atoms with E-state index in [1.165, 1.54) is 6.07 Å². The van der Waals surface area contributed by atoms with E-state index in [-0.39, 0.29) is 14.7 Å². The van der Waals surface area contributed by atoms with Crippen molar-refractivity contribution in [1.82, 2.24) is 9.55 Å². The van der Waals surface area contributed by atoms with Crippen LogP contribution in [0.3, 0.4) is 0 Å². The topological polar surface area (TPSA) is 38.1 Å². The van der Waals surface area contributed by atoms with E-state index >= 15 is 0 Å². The molecule has 10 heteroatoms. The summed E-state index contributed by atoms with van der Waals surface area (Å²) in [6, 6.07) is 4.48. The molecule has 142 valence electrons. The zero-order chi connectivity index (χ0) is 22.4. The van der Waals surface area contributed by atoms with Gasteiger partial charge in [-0.2, -0.15) is 4.98 Å². The first-order valence-electron chi connectivity index (χ1n) is 8.83. The van der Waals surface area contributed by atoms with Crippen LogP contribution in [0.5, 0.6) is 0 Å². The molecule has 0 atom stereocenters. The molecule has 1 heterocycles. The number of fused-ring (bicyclic) bond motifs is 1. The van der Waals surface area contributed by atoms with Gasteiger partial charge in [0.2, 0.25) is 0 Å². The van der Waals surface area contributed by atoms with E-state index in [1.54, 1.807) is 0 Å². The molecule has 0 saturated heterocycles. The van der Waals surface area contributed by atoms with Gasteiger partial charge in [-0.25, -0.2) is 26.7 Å². The van der Waals surface area contributed by atoms with E-state index in [1.807, 2.05) is 0 Å². The average molecular weight is 451 g/mol. The minimum Gasteiger partial charge on any atom is -0.320 e. The molecule has 3 rings (SSSR count). The lowest BCUT2D eigenvalue weighted by Crippen LogP contribution is -2.30. The monoisotopic (exact) mass is 450 g/mol. The largest absolute Gasteiger partial charge is 0.349 e. The van der Waals surface area contributed by atoms with Gasteiger partial charge < -0.3 is 4.90 Å². The third-order valence-electron chi connectivity index (χ3n) is 3.67. The highest BCUT2D eigenvalue weighted by molar-refractivity contribution is 9.10. The van der Waals surface area contributed by atoms with Crippen LogP contribution in [0.25, 0.3) is 10.9 Å². The second kappa shape index (κ2) is 7.26. The molecule has 0 aliphatic carbocycles. The van der Waals surface area contributed by atoms with Crippen LogP contribution in [0.2, 0.25) is 0 Å². The Balaban J connectivity index is 2.45. The first kappa shape index (κ1) is 15.6. The molecule has 0 unspecified atom stereocenters. The van der Waals surface area contributed by atoms with Crippen LogP contribution in [0.4, 0.5) is 33.5 Å². The lowest BCUT2D eigenvalue weighted by Gasteiger charge is -2.25. The molecule has 4 nitrogen and oxygen atoms in total. The summed E-state index contributed by atoms with van der Waals surface area (Å²) in [4.78, 5) is 16.5. The molecule has 1 aromatic heterocycles. The SMILES string of the molecule is [2H]C([2H])([2H])n1c(=O)nc(N(CC(F)F)c2cc(F)cc(Br)c2)c2c(F)c(F)ccc21. The number of aryl methyl sites for hydroxylation is 1. The maximum atomic E-state index is 14.7. The Kier molecular flexibility index (Phi) is 4.18. The van der Waals surface area contributed by atoms with Crippen molar-refractivity contribution in [3.8, 4) is 0 Å². The average Bonchev–Trinajstić information content (AvgIpc) is 2.60. The summed E-state index contributed by atoms with van der Waals surface area (Å²) in [5.41, 5.74) is -2.23. The van der Waals surface area contributed by atoms with Crippen LogP contribution < -0.4 is 10.6 Å². The summed E-state index contributed by atoms with van der Waals surface area (Å²) in [5.74, 6) is -4.63. The van der Waals surface area contributed by atoms with Crippen molar-refractivity contribution in [2.75, 3.05) is 11.4 Å². The van der Waals surface area contributed by atoms with E-state index in [0.717, 1.165) is 18.2 Å². The molecule has 27 heavy (non-hydrogen) atoms. The van der Waals surface area contributed by atoms with E-state index in [0.29, 0.717) is 11.0 Å². The molecular formula is C17H11BrF5N3O. The quantitative estimate of drug-likeness (QED) is 0.548. The van der Waals surface area contributed by atoms with Gasteiger partial charge in [0.15, 0.2) is 17.5 Å². The van der Waals surface area contributed by atoms with Crippen molar-refractivity contribution in [3.05, 3.63) is 62.7 Å². The number of hydrogen-bond acceptors (Lipinski definition) is 3. The van der Waals surface area contributed by atoms with Gasteiger partial charge >= 0.3 is 5.69 Å². The van der Waals surface area contributed by atoms with Crippen molar-refractivity contribution in [2.45, 2.75) is 6.43 Å². The molecule has 0 spiro atoms. The third kappa shape index (κ3) is 3.66. The lowest BCUT2D eigenvalue weighted by molar-refractivity contribution is 0.157. The van der Waals surface area contributed by atoms with Gasteiger partial charge in [-0.3, -0.25) is 4.57 Å². The number of alkyl halides is 2. The van der Waals surface area contributed by atoms with Gasteiger partial charge in [0.05, 0.1) is 17.4 Å². The Morgan fingerprint density at radius 1 is 1.26 bits per heavy atom. The molecule has 0 fully saturated rings. The highest BCUT2D eigenvalue weighted by atomic mass is 79.9. The highest BCUT2D eigenvalue weighted by Crippen LogP contribution is 2.34. The lowest BCUT2D eigenvalue weighted by atomic mass is 10.1. The Labute approximate surface area is 162 Å². The fraction of sp³-hybridized carbons (Fsp3) is 0.176. The first-order valence-corrected chi connectivity index (χ1v) is 8.12. The number of benzene rings is 2. The second-order valence-corrected chi connectivity index (χ2v) is 6.35. The molecule has 0 amide bonds. The van der Waals surface area contributed by atoms with Crippen LogP contribution in [0.15, 0.2) is 39.6 Å². The molecule has 3 aromatic rings. The zero-order valence-corrected chi connectivity index (χ0v) is 14.8. The van der Waals surface area contributed by atoms with Crippen LogP contribution in [-0.2, 0) is 6.98 Å². The number of halogens is 6. The maximum absolute atomic E-state index is 14.7. The van der Waals surface area contributed by atoms with Crippen molar-refractivity contribution >= 4 is 38.3 Å². The van der Waals surface area contributed by atoms with E-state index in [9.17, 15) is 26.7 Å². The predicted octanol–water partition coefficient (Wildman–Crippen LogP) is 4.52. The van der Waals surface area contributed by atoms with Crippen LogP contribution in [0, 0.1) is 17.5 Å². The summed E-state index contributed by atoms with van der Waals surface area (Å²) in [6.45, 7) is -4.27. The molecule has 0 saturated carbocycles.